The van der Waals surface area contributed by atoms with Gasteiger partial charge in [0.1, 0.15) is 5.82 Å². The quantitative estimate of drug-likeness (QED) is 0.874. The van der Waals surface area contributed by atoms with Crippen LogP contribution in [0, 0.1) is 0 Å². The molecular formula is C13H17BrN4O. The number of nitrogens with zero attached hydrogens (tertiary/aromatic N) is 2. The second kappa shape index (κ2) is 5.56. The van der Waals surface area contributed by atoms with Crippen LogP contribution in [-0.4, -0.2) is 47.5 Å². The van der Waals surface area contributed by atoms with E-state index >= 15 is 0 Å². The van der Waals surface area contributed by atoms with Gasteiger partial charge in [-0.1, -0.05) is 15.9 Å². The van der Waals surface area contributed by atoms with Gasteiger partial charge >= 0.3 is 0 Å². The fourth-order valence-corrected chi connectivity index (χ4v) is 3.06. The van der Waals surface area contributed by atoms with Crippen molar-refractivity contribution in [2.75, 3.05) is 25.0 Å². The highest BCUT2D eigenvalue weighted by Crippen LogP contribution is 2.20. The molecule has 0 aromatic carbocycles. The van der Waals surface area contributed by atoms with Gasteiger partial charge in [0.15, 0.2) is 0 Å². The summed E-state index contributed by atoms with van der Waals surface area (Å²) in [5.41, 5.74) is 0. The molecule has 5 nitrogen and oxygen atoms in total. The van der Waals surface area contributed by atoms with E-state index in [2.05, 4.69) is 36.4 Å². The van der Waals surface area contributed by atoms with Gasteiger partial charge in [0, 0.05) is 48.8 Å². The van der Waals surface area contributed by atoms with Crippen LogP contribution in [0.5, 0.6) is 0 Å². The third-order valence-corrected chi connectivity index (χ3v) is 4.14. The zero-order chi connectivity index (χ0) is 13.2. The normalized spacial score (nSPS) is 25.7. The number of piperidine rings is 1. The highest BCUT2D eigenvalue weighted by molar-refractivity contribution is 9.10. The topological polar surface area (TPSA) is 57.3 Å². The minimum absolute atomic E-state index is 0.0257. The maximum atomic E-state index is 11.9. The van der Waals surface area contributed by atoms with Crippen LogP contribution in [0.1, 0.15) is 12.8 Å². The summed E-state index contributed by atoms with van der Waals surface area (Å²) < 4.78 is 0.917. The molecule has 3 fully saturated rings. The van der Waals surface area contributed by atoms with Crippen LogP contribution in [0.25, 0.3) is 0 Å². The van der Waals surface area contributed by atoms with Crippen molar-refractivity contribution in [3.05, 3.63) is 22.8 Å². The summed E-state index contributed by atoms with van der Waals surface area (Å²) in [7, 11) is 0. The van der Waals surface area contributed by atoms with Gasteiger partial charge in [-0.3, -0.25) is 9.69 Å². The first kappa shape index (κ1) is 13.0. The van der Waals surface area contributed by atoms with Crippen LogP contribution in [0.3, 0.4) is 0 Å². The van der Waals surface area contributed by atoms with Gasteiger partial charge in [0.2, 0.25) is 5.91 Å². The van der Waals surface area contributed by atoms with Crippen LogP contribution in [-0.2, 0) is 4.79 Å². The molecule has 0 saturated carbocycles. The zero-order valence-corrected chi connectivity index (χ0v) is 12.2. The number of pyridine rings is 1. The molecule has 0 spiro atoms. The third-order valence-electron chi connectivity index (χ3n) is 3.64. The molecule has 19 heavy (non-hydrogen) atoms. The SMILES string of the molecule is O=C(CCN1CC2CC(C1)N2)Nc1cc(Br)ccn1. The molecule has 3 aliphatic rings. The summed E-state index contributed by atoms with van der Waals surface area (Å²) in [5, 5.41) is 6.31. The highest BCUT2D eigenvalue weighted by Gasteiger charge is 2.36. The molecule has 1 amide bonds. The third kappa shape index (κ3) is 3.32. The van der Waals surface area contributed by atoms with Gasteiger partial charge in [-0.2, -0.15) is 0 Å². The smallest absolute Gasteiger partial charge is 0.226 e. The zero-order valence-electron chi connectivity index (χ0n) is 10.6. The molecule has 2 atom stereocenters. The minimum atomic E-state index is 0.0257. The van der Waals surface area contributed by atoms with Crippen molar-refractivity contribution in [1.29, 1.82) is 0 Å². The van der Waals surface area contributed by atoms with Crippen molar-refractivity contribution in [2.45, 2.75) is 24.9 Å². The molecule has 4 heterocycles. The first-order chi connectivity index (χ1) is 9.19. The van der Waals surface area contributed by atoms with Crippen LogP contribution >= 0.6 is 15.9 Å². The molecule has 1 aromatic rings. The molecule has 3 saturated heterocycles. The maximum Gasteiger partial charge on any atom is 0.226 e. The van der Waals surface area contributed by atoms with E-state index in [0.29, 0.717) is 24.3 Å². The van der Waals surface area contributed by atoms with Crippen molar-refractivity contribution in [3.8, 4) is 0 Å². The predicted octanol–water partition coefficient (Wildman–Crippen LogP) is 1.22. The van der Waals surface area contributed by atoms with E-state index in [0.717, 1.165) is 24.1 Å². The molecule has 102 valence electrons. The Morgan fingerprint density at radius 3 is 2.95 bits per heavy atom. The van der Waals surface area contributed by atoms with Crippen LogP contribution in [0.2, 0.25) is 0 Å². The number of rotatable bonds is 4. The van der Waals surface area contributed by atoms with Crippen molar-refractivity contribution >= 4 is 27.7 Å². The lowest BCUT2D eigenvalue weighted by Gasteiger charge is -2.48. The number of carbonyl (C=O) groups is 1. The summed E-state index contributed by atoms with van der Waals surface area (Å²) in [6.07, 6.45) is 3.49. The van der Waals surface area contributed by atoms with Crippen molar-refractivity contribution in [2.24, 2.45) is 0 Å². The predicted molar refractivity (Wildman–Crippen MR) is 77.0 cm³/mol. The van der Waals surface area contributed by atoms with Crippen molar-refractivity contribution < 1.29 is 4.79 Å². The largest absolute Gasteiger partial charge is 0.311 e. The fraction of sp³-hybridized carbons (Fsp3) is 0.538. The molecule has 0 radical (unpaired) electrons. The van der Waals surface area contributed by atoms with Crippen LogP contribution in [0.4, 0.5) is 5.82 Å². The Bertz CT molecular complexity index is 465. The lowest BCUT2D eigenvalue weighted by Crippen LogP contribution is -2.66. The van der Waals surface area contributed by atoms with Crippen LogP contribution < -0.4 is 10.6 Å². The van der Waals surface area contributed by atoms with E-state index in [1.807, 2.05) is 6.07 Å². The number of anilines is 1. The molecule has 2 bridgehead atoms. The van der Waals surface area contributed by atoms with Crippen molar-refractivity contribution in [3.63, 3.8) is 0 Å². The Labute approximate surface area is 120 Å². The van der Waals surface area contributed by atoms with Gasteiger partial charge in [-0.05, 0) is 18.6 Å². The number of carbonyl (C=O) groups excluding carboxylic acids is 1. The van der Waals surface area contributed by atoms with E-state index in [1.165, 1.54) is 6.42 Å². The number of halogens is 1. The highest BCUT2D eigenvalue weighted by atomic mass is 79.9. The number of fused-ring (bicyclic) bond motifs is 2. The van der Waals surface area contributed by atoms with E-state index in [1.54, 1.807) is 12.3 Å². The Morgan fingerprint density at radius 1 is 1.53 bits per heavy atom. The lowest BCUT2D eigenvalue weighted by molar-refractivity contribution is -0.116. The summed E-state index contributed by atoms with van der Waals surface area (Å²) in [6.45, 7) is 2.96. The van der Waals surface area contributed by atoms with Crippen molar-refractivity contribution in [1.82, 2.24) is 15.2 Å². The first-order valence-electron chi connectivity index (χ1n) is 6.59. The van der Waals surface area contributed by atoms with E-state index < -0.39 is 0 Å². The molecule has 2 N–H and O–H groups in total. The number of hydrogen-bond donors (Lipinski definition) is 2. The van der Waals surface area contributed by atoms with Gasteiger partial charge in [-0.25, -0.2) is 4.98 Å². The van der Waals surface area contributed by atoms with E-state index in [9.17, 15) is 4.79 Å². The molecule has 4 rings (SSSR count). The molecule has 1 aromatic heterocycles. The molecule has 0 aliphatic carbocycles. The molecule has 6 heteroatoms. The minimum Gasteiger partial charge on any atom is -0.311 e. The summed E-state index contributed by atoms with van der Waals surface area (Å²) in [5.74, 6) is 0.625. The standard InChI is InChI=1S/C13H17BrN4O/c14-9-1-3-15-12(5-9)17-13(19)2-4-18-7-10-6-11(8-18)16-10/h1,3,5,10-11,16H,2,4,6-8H2,(H,15,17,19). The number of nitrogens with one attached hydrogen (secondary N) is 2. The Kier molecular flexibility index (Phi) is 3.81. The Morgan fingerprint density at radius 2 is 2.26 bits per heavy atom. The first-order valence-corrected chi connectivity index (χ1v) is 7.38. The molecule has 2 unspecified atom stereocenters. The fourth-order valence-electron chi connectivity index (χ4n) is 2.73. The Balaban J connectivity index is 1.44. The van der Waals surface area contributed by atoms with Gasteiger partial charge in [0.05, 0.1) is 0 Å². The average molecular weight is 325 g/mol. The average Bonchev–Trinajstić information content (AvgIpc) is 2.36. The van der Waals surface area contributed by atoms with Gasteiger partial charge in [0.25, 0.3) is 0 Å². The van der Waals surface area contributed by atoms with Gasteiger partial charge in [-0.15, -0.1) is 0 Å². The summed E-state index contributed by atoms with van der Waals surface area (Å²) >= 11 is 3.36. The van der Waals surface area contributed by atoms with E-state index in [-0.39, 0.29) is 5.91 Å². The molecule has 3 aliphatic heterocycles. The number of piperazine rings is 1. The second-order valence-electron chi connectivity index (χ2n) is 5.21. The summed E-state index contributed by atoms with van der Waals surface area (Å²) in [6, 6.07) is 4.93. The number of amides is 1. The van der Waals surface area contributed by atoms with E-state index in [4.69, 9.17) is 0 Å². The number of hydrogen-bond acceptors (Lipinski definition) is 4. The lowest BCUT2D eigenvalue weighted by atomic mass is 9.91. The Hall–Kier alpha value is -0.980. The van der Waals surface area contributed by atoms with Gasteiger partial charge < -0.3 is 10.6 Å². The maximum absolute atomic E-state index is 11.9. The monoisotopic (exact) mass is 324 g/mol. The van der Waals surface area contributed by atoms with Crippen LogP contribution in [0.15, 0.2) is 22.8 Å². The number of aromatic nitrogens is 1. The summed E-state index contributed by atoms with van der Waals surface area (Å²) in [4.78, 5) is 18.3. The second-order valence-corrected chi connectivity index (χ2v) is 6.13. The molecular weight excluding hydrogens is 308 g/mol.